The number of para-hydroxylation sites is 2. The topological polar surface area (TPSA) is 78.9 Å². The van der Waals surface area contributed by atoms with Crippen LogP contribution >= 0.6 is 0 Å². The second kappa shape index (κ2) is 27.1. The SMILES string of the molecule is CCCCCCCCCCCCCCCCCC(=O)OCCCC.O=C(Oc1ccccc1)c1ccccc1C(=O)Oc1ccccc1. The Morgan fingerprint density at radius 2 is 0.792 bits per heavy atom. The van der Waals surface area contributed by atoms with Crippen molar-refractivity contribution in [3.8, 4) is 11.5 Å². The molecule has 0 fully saturated rings. The number of esters is 3. The van der Waals surface area contributed by atoms with Crippen LogP contribution in [0.2, 0.25) is 0 Å². The van der Waals surface area contributed by atoms with E-state index in [-0.39, 0.29) is 17.1 Å². The first-order valence-electron chi connectivity index (χ1n) is 18.3. The number of hydrogen-bond acceptors (Lipinski definition) is 6. The molecule has 6 heteroatoms. The van der Waals surface area contributed by atoms with Gasteiger partial charge in [0.25, 0.3) is 0 Å². The molecule has 3 aromatic rings. The molecule has 0 amide bonds. The van der Waals surface area contributed by atoms with Crippen LogP contribution in [-0.2, 0) is 9.53 Å². The minimum Gasteiger partial charge on any atom is -0.466 e. The van der Waals surface area contributed by atoms with Crippen molar-refractivity contribution in [1.82, 2.24) is 0 Å². The molecule has 6 nitrogen and oxygen atoms in total. The molecule has 0 unspecified atom stereocenters. The summed E-state index contributed by atoms with van der Waals surface area (Å²) in [7, 11) is 0. The number of carbonyl (C=O) groups is 3. The number of hydrogen-bond donors (Lipinski definition) is 0. The van der Waals surface area contributed by atoms with Gasteiger partial charge in [-0.05, 0) is 49.2 Å². The van der Waals surface area contributed by atoms with Crippen LogP contribution in [0.4, 0.5) is 0 Å². The van der Waals surface area contributed by atoms with Crippen molar-refractivity contribution in [1.29, 1.82) is 0 Å². The van der Waals surface area contributed by atoms with E-state index in [1.54, 1.807) is 60.7 Å². The zero-order valence-electron chi connectivity index (χ0n) is 29.5. The first-order chi connectivity index (χ1) is 23.5. The molecule has 0 aliphatic carbocycles. The fourth-order valence-electron chi connectivity index (χ4n) is 5.18. The van der Waals surface area contributed by atoms with Crippen molar-refractivity contribution >= 4 is 17.9 Å². The molecule has 0 aromatic heterocycles. The largest absolute Gasteiger partial charge is 0.466 e. The van der Waals surface area contributed by atoms with Crippen molar-refractivity contribution in [3.63, 3.8) is 0 Å². The Hall–Kier alpha value is -3.93. The lowest BCUT2D eigenvalue weighted by Crippen LogP contribution is -2.17. The van der Waals surface area contributed by atoms with Gasteiger partial charge in [-0.2, -0.15) is 0 Å². The van der Waals surface area contributed by atoms with Gasteiger partial charge in [-0.15, -0.1) is 0 Å². The zero-order valence-corrected chi connectivity index (χ0v) is 29.5. The van der Waals surface area contributed by atoms with Crippen molar-refractivity contribution in [2.24, 2.45) is 0 Å². The third kappa shape index (κ3) is 19.0. The van der Waals surface area contributed by atoms with Crippen molar-refractivity contribution in [3.05, 3.63) is 96.1 Å². The molecule has 262 valence electrons. The Bertz CT molecular complexity index is 1180. The monoisotopic (exact) mass is 658 g/mol. The maximum Gasteiger partial charge on any atom is 0.344 e. The number of ether oxygens (including phenoxy) is 3. The van der Waals surface area contributed by atoms with E-state index >= 15 is 0 Å². The van der Waals surface area contributed by atoms with Crippen LogP contribution in [0.1, 0.15) is 150 Å². The average molecular weight is 659 g/mol. The Labute approximate surface area is 289 Å². The van der Waals surface area contributed by atoms with Gasteiger partial charge in [0.2, 0.25) is 0 Å². The van der Waals surface area contributed by atoms with Gasteiger partial charge in [0.15, 0.2) is 0 Å². The van der Waals surface area contributed by atoms with E-state index in [1.165, 1.54) is 102 Å². The van der Waals surface area contributed by atoms with E-state index < -0.39 is 11.9 Å². The van der Waals surface area contributed by atoms with Crippen LogP contribution in [0.5, 0.6) is 11.5 Å². The normalized spacial score (nSPS) is 10.5. The van der Waals surface area contributed by atoms with E-state index in [1.807, 2.05) is 12.1 Å². The summed E-state index contributed by atoms with van der Waals surface area (Å²) in [6, 6.07) is 23.8. The molecule has 0 spiro atoms. The molecule has 0 saturated carbocycles. The van der Waals surface area contributed by atoms with Gasteiger partial charge >= 0.3 is 17.9 Å². The van der Waals surface area contributed by atoms with E-state index in [0.717, 1.165) is 19.3 Å². The molecule has 0 aliphatic rings. The third-order valence-electron chi connectivity index (χ3n) is 8.02. The molecule has 0 radical (unpaired) electrons. The third-order valence-corrected chi connectivity index (χ3v) is 8.02. The second-order valence-corrected chi connectivity index (χ2v) is 12.2. The maximum atomic E-state index is 12.4. The van der Waals surface area contributed by atoms with E-state index in [9.17, 15) is 14.4 Å². The molecular formula is C42H58O6. The summed E-state index contributed by atoms with van der Waals surface area (Å²) in [4.78, 5) is 36.2. The van der Waals surface area contributed by atoms with E-state index in [2.05, 4.69) is 13.8 Å². The fourth-order valence-corrected chi connectivity index (χ4v) is 5.18. The number of rotatable bonds is 23. The standard InChI is InChI=1S/C22H44O2.C20H14O4/c1-3-5-7-8-9-10-11-12-13-14-15-16-17-18-19-20-22(23)24-21-6-4-2;21-19(23-15-9-3-1-4-10-15)17-13-7-8-14-18(17)20(22)24-16-11-5-2-6-12-16/h3-21H2,1-2H3;1-14H. The average Bonchev–Trinajstić information content (AvgIpc) is 3.11. The Kier molecular flexibility index (Phi) is 22.7. The molecule has 0 atom stereocenters. The van der Waals surface area contributed by atoms with Gasteiger partial charge in [0.05, 0.1) is 17.7 Å². The molecule has 0 bridgehead atoms. The minimum atomic E-state index is -0.609. The van der Waals surface area contributed by atoms with Gasteiger partial charge < -0.3 is 14.2 Å². The summed E-state index contributed by atoms with van der Waals surface area (Å²) in [5, 5.41) is 0. The highest BCUT2D eigenvalue weighted by atomic mass is 16.5. The molecule has 3 aromatic carbocycles. The highest BCUT2D eigenvalue weighted by Gasteiger charge is 2.20. The summed E-state index contributed by atoms with van der Waals surface area (Å²) in [6.45, 7) is 5.00. The molecular weight excluding hydrogens is 600 g/mol. The lowest BCUT2D eigenvalue weighted by molar-refractivity contribution is -0.143. The predicted molar refractivity (Wildman–Crippen MR) is 195 cm³/mol. The quantitative estimate of drug-likeness (QED) is 0.0573. The molecule has 0 aliphatic heterocycles. The molecule has 3 rings (SSSR count). The van der Waals surface area contributed by atoms with Gasteiger partial charge in [-0.1, -0.05) is 159 Å². The van der Waals surface area contributed by atoms with Gasteiger partial charge in [-0.25, -0.2) is 9.59 Å². The highest BCUT2D eigenvalue weighted by Crippen LogP contribution is 2.18. The second-order valence-electron chi connectivity index (χ2n) is 12.2. The van der Waals surface area contributed by atoms with E-state index in [0.29, 0.717) is 24.5 Å². The maximum absolute atomic E-state index is 12.4. The molecule has 0 heterocycles. The Morgan fingerprint density at radius 3 is 1.19 bits per heavy atom. The van der Waals surface area contributed by atoms with Crippen molar-refractivity contribution in [2.75, 3.05) is 6.61 Å². The molecule has 0 saturated heterocycles. The predicted octanol–water partition coefficient (Wildman–Crippen LogP) is 11.7. The van der Waals surface area contributed by atoms with Crippen LogP contribution in [0.3, 0.4) is 0 Å². The van der Waals surface area contributed by atoms with Crippen molar-refractivity contribution < 1.29 is 28.6 Å². The van der Waals surface area contributed by atoms with Crippen LogP contribution in [0.25, 0.3) is 0 Å². The summed E-state index contributed by atoms with van der Waals surface area (Å²) < 4.78 is 15.8. The van der Waals surface area contributed by atoms with Crippen LogP contribution in [0.15, 0.2) is 84.9 Å². The summed E-state index contributed by atoms with van der Waals surface area (Å²) in [5.41, 5.74) is 0.310. The Morgan fingerprint density at radius 1 is 0.438 bits per heavy atom. The Balaban J connectivity index is 0.000000333. The van der Waals surface area contributed by atoms with Crippen LogP contribution < -0.4 is 9.47 Å². The van der Waals surface area contributed by atoms with Gasteiger partial charge in [0, 0.05) is 6.42 Å². The number of benzene rings is 3. The van der Waals surface area contributed by atoms with Gasteiger partial charge in [0.1, 0.15) is 11.5 Å². The molecule has 48 heavy (non-hydrogen) atoms. The fraction of sp³-hybridized carbons (Fsp3) is 0.500. The van der Waals surface area contributed by atoms with Crippen LogP contribution in [-0.4, -0.2) is 24.5 Å². The summed E-state index contributed by atoms with van der Waals surface area (Å²) in [6.07, 6.45) is 23.1. The number of unbranched alkanes of at least 4 members (excludes halogenated alkanes) is 15. The first-order valence-corrected chi connectivity index (χ1v) is 18.3. The van der Waals surface area contributed by atoms with Gasteiger partial charge in [-0.3, -0.25) is 4.79 Å². The smallest absolute Gasteiger partial charge is 0.344 e. The molecule has 0 N–H and O–H groups in total. The van der Waals surface area contributed by atoms with Crippen LogP contribution in [0, 0.1) is 0 Å². The lowest BCUT2D eigenvalue weighted by Gasteiger charge is -2.09. The summed E-state index contributed by atoms with van der Waals surface area (Å²) >= 11 is 0. The first kappa shape index (κ1) is 40.2. The highest BCUT2D eigenvalue weighted by molar-refractivity contribution is 6.04. The number of carbonyl (C=O) groups excluding carboxylic acids is 3. The van der Waals surface area contributed by atoms with E-state index in [4.69, 9.17) is 14.2 Å². The van der Waals surface area contributed by atoms with Crippen molar-refractivity contribution in [2.45, 2.75) is 129 Å². The minimum absolute atomic E-state index is 0.00172. The zero-order chi connectivity index (χ0) is 34.5. The summed E-state index contributed by atoms with van der Waals surface area (Å²) in [5.74, 6) is -0.399. The lowest BCUT2D eigenvalue weighted by atomic mass is 10.0.